The van der Waals surface area contributed by atoms with E-state index >= 15 is 0 Å². The van der Waals surface area contributed by atoms with Gasteiger partial charge in [-0.15, -0.1) is 0 Å². The van der Waals surface area contributed by atoms with Gasteiger partial charge in [0, 0.05) is 12.5 Å². The van der Waals surface area contributed by atoms with Gasteiger partial charge >= 0.3 is 13.1 Å². The highest BCUT2D eigenvalue weighted by Crippen LogP contribution is 2.37. The summed E-state index contributed by atoms with van der Waals surface area (Å²) in [4.78, 5) is 25.9. The molecule has 1 amide bonds. The Labute approximate surface area is 163 Å². The molecule has 3 aliphatic rings. The molecule has 9 heteroatoms. The quantitative estimate of drug-likeness (QED) is 0.640. The Morgan fingerprint density at radius 3 is 2.86 bits per heavy atom. The normalized spacial score (nSPS) is 24.4. The van der Waals surface area contributed by atoms with Gasteiger partial charge < -0.3 is 29.7 Å². The lowest BCUT2D eigenvalue weighted by Crippen LogP contribution is -2.57. The third kappa shape index (κ3) is 3.81. The molecule has 0 spiro atoms. The van der Waals surface area contributed by atoms with E-state index in [0.717, 1.165) is 18.5 Å². The Bertz CT molecular complexity index is 782. The van der Waals surface area contributed by atoms with Crippen LogP contribution in [-0.4, -0.2) is 65.8 Å². The van der Waals surface area contributed by atoms with Crippen molar-refractivity contribution in [3.8, 4) is 11.5 Å². The first-order valence-electron chi connectivity index (χ1n) is 9.82. The molecule has 0 unspecified atom stereocenters. The fourth-order valence-electron chi connectivity index (χ4n) is 4.13. The van der Waals surface area contributed by atoms with E-state index in [1.54, 1.807) is 17.0 Å². The zero-order chi connectivity index (χ0) is 19.8. The van der Waals surface area contributed by atoms with Crippen molar-refractivity contribution >= 4 is 19.0 Å². The number of amides is 1. The van der Waals surface area contributed by atoms with Crippen molar-refractivity contribution < 1.29 is 29.1 Å². The molecule has 150 valence electrons. The molecule has 0 aromatic heterocycles. The molecule has 8 nitrogen and oxygen atoms in total. The van der Waals surface area contributed by atoms with Crippen molar-refractivity contribution in [1.29, 1.82) is 0 Å². The molecule has 0 bridgehead atoms. The lowest BCUT2D eigenvalue weighted by molar-refractivity contribution is -0.140. The number of aromatic carboxylic acids is 1. The van der Waals surface area contributed by atoms with Crippen molar-refractivity contribution in [2.75, 3.05) is 19.6 Å². The van der Waals surface area contributed by atoms with Crippen LogP contribution in [-0.2, 0) is 11.2 Å². The SMILES string of the molecule is C[C@@H]1CN[C@H](CC(=O)N2CC(Oc3ccc4c(c3C(=O)O)OB(O)CC4)C2)C1. The fraction of sp³-hybridized carbons (Fsp3) is 0.579. The van der Waals surface area contributed by atoms with Crippen LogP contribution in [0.25, 0.3) is 0 Å². The molecule has 2 saturated heterocycles. The minimum atomic E-state index is -1.16. The highest BCUT2D eigenvalue weighted by atomic mass is 16.5. The third-order valence-electron chi connectivity index (χ3n) is 5.69. The minimum absolute atomic E-state index is 0.0647. The number of likely N-dealkylation sites (tertiary alicyclic amines) is 1. The number of hydrogen-bond donors (Lipinski definition) is 3. The first kappa shape index (κ1) is 19.1. The van der Waals surface area contributed by atoms with E-state index in [2.05, 4.69) is 12.2 Å². The average Bonchev–Trinajstić information content (AvgIpc) is 3.01. The van der Waals surface area contributed by atoms with Crippen LogP contribution in [0.4, 0.5) is 0 Å². The van der Waals surface area contributed by atoms with Crippen molar-refractivity contribution in [1.82, 2.24) is 10.2 Å². The Balaban J connectivity index is 1.37. The number of carboxylic acids is 1. The van der Waals surface area contributed by atoms with E-state index in [4.69, 9.17) is 9.39 Å². The number of nitrogens with one attached hydrogen (secondary N) is 1. The molecule has 3 N–H and O–H groups in total. The summed E-state index contributed by atoms with van der Waals surface area (Å²) in [5, 5.41) is 22.7. The van der Waals surface area contributed by atoms with Gasteiger partial charge in [-0.3, -0.25) is 4.79 Å². The molecule has 1 aromatic rings. The molecule has 0 aliphatic carbocycles. The van der Waals surface area contributed by atoms with Crippen LogP contribution in [0.3, 0.4) is 0 Å². The van der Waals surface area contributed by atoms with Crippen LogP contribution in [0.1, 0.15) is 35.7 Å². The maximum Gasteiger partial charge on any atom is 0.522 e. The number of nitrogens with zero attached hydrogens (tertiary/aromatic N) is 1. The summed E-state index contributed by atoms with van der Waals surface area (Å²) in [5.41, 5.74) is 0.684. The van der Waals surface area contributed by atoms with Gasteiger partial charge in [-0.05, 0) is 43.3 Å². The summed E-state index contributed by atoms with van der Waals surface area (Å²) in [6.45, 7) is 4.02. The van der Waals surface area contributed by atoms with Gasteiger partial charge in [-0.25, -0.2) is 4.79 Å². The van der Waals surface area contributed by atoms with Crippen molar-refractivity contribution in [3.05, 3.63) is 23.3 Å². The first-order chi connectivity index (χ1) is 13.4. The lowest BCUT2D eigenvalue weighted by Gasteiger charge is -2.39. The van der Waals surface area contributed by atoms with Gasteiger partial charge in [0.25, 0.3) is 0 Å². The standard InChI is InChI=1S/C19H25BN2O6/c1-11-6-13(21-8-11)7-16(23)22-9-14(10-22)27-15-3-2-12-4-5-20(26)28-18(12)17(15)19(24)25/h2-3,11,13-14,21,26H,4-10H2,1H3,(H,24,25)/t11-,13-/m0/s1. The van der Waals surface area contributed by atoms with Crippen LogP contribution >= 0.6 is 0 Å². The molecule has 2 fully saturated rings. The number of benzene rings is 1. The molecule has 3 heterocycles. The van der Waals surface area contributed by atoms with E-state index in [1.165, 1.54) is 0 Å². The maximum absolute atomic E-state index is 12.4. The molecule has 2 atom stereocenters. The molecular weight excluding hydrogens is 363 g/mol. The van der Waals surface area contributed by atoms with Crippen molar-refractivity contribution in [2.24, 2.45) is 5.92 Å². The fourth-order valence-corrected chi connectivity index (χ4v) is 4.13. The Hall–Kier alpha value is -2.26. The highest BCUT2D eigenvalue weighted by Gasteiger charge is 2.36. The second-order valence-corrected chi connectivity index (χ2v) is 8.03. The molecule has 0 saturated carbocycles. The van der Waals surface area contributed by atoms with Crippen LogP contribution in [0, 0.1) is 5.92 Å². The number of aryl methyl sites for hydroxylation is 1. The predicted octanol–water partition coefficient (Wildman–Crippen LogP) is 0.778. The van der Waals surface area contributed by atoms with Crippen LogP contribution < -0.4 is 14.7 Å². The summed E-state index contributed by atoms with van der Waals surface area (Å²) < 4.78 is 11.2. The monoisotopic (exact) mass is 388 g/mol. The predicted molar refractivity (Wildman–Crippen MR) is 102 cm³/mol. The van der Waals surface area contributed by atoms with Gasteiger partial charge in [-0.2, -0.15) is 0 Å². The van der Waals surface area contributed by atoms with Crippen LogP contribution in [0.2, 0.25) is 6.32 Å². The molecule has 28 heavy (non-hydrogen) atoms. The highest BCUT2D eigenvalue weighted by molar-refractivity contribution is 6.44. The van der Waals surface area contributed by atoms with E-state index < -0.39 is 13.1 Å². The number of carbonyl (C=O) groups excluding carboxylic acids is 1. The Morgan fingerprint density at radius 1 is 1.39 bits per heavy atom. The van der Waals surface area contributed by atoms with Crippen LogP contribution in [0.5, 0.6) is 11.5 Å². The summed E-state index contributed by atoms with van der Waals surface area (Å²) in [5.74, 6) is -0.0675. The topological polar surface area (TPSA) is 108 Å². The lowest BCUT2D eigenvalue weighted by atomic mass is 9.78. The number of fused-ring (bicyclic) bond motifs is 1. The summed E-state index contributed by atoms with van der Waals surface area (Å²) in [6, 6.07) is 3.65. The second kappa shape index (κ2) is 7.64. The molecule has 1 aromatic carbocycles. The van der Waals surface area contributed by atoms with E-state index in [0.29, 0.717) is 38.2 Å². The molecule has 0 radical (unpaired) electrons. The van der Waals surface area contributed by atoms with Gasteiger partial charge in [0.2, 0.25) is 5.91 Å². The molecular formula is C19H25BN2O6. The van der Waals surface area contributed by atoms with Gasteiger partial charge in [0.15, 0.2) is 0 Å². The van der Waals surface area contributed by atoms with E-state index in [-0.39, 0.29) is 35.1 Å². The number of rotatable bonds is 5. The maximum atomic E-state index is 12.4. The van der Waals surface area contributed by atoms with Gasteiger partial charge in [0.1, 0.15) is 23.2 Å². The molecule has 4 rings (SSSR count). The average molecular weight is 388 g/mol. The zero-order valence-electron chi connectivity index (χ0n) is 15.9. The number of carboxylic acid groups (broad SMARTS) is 1. The van der Waals surface area contributed by atoms with E-state index in [9.17, 15) is 19.7 Å². The Kier molecular flexibility index (Phi) is 5.20. The van der Waals surface area contributed by atoms with Gasteiger partial charge in [-0.1, -0.05) is 13.0 Å². The summed E-state index contributed by atoms with van der Waals surface area (Å²) in [6.07, 6.45) is 2.24. The number of ether oxygens (including phenoxy) is 1. The minimum Gasteiger partial charge on any atom is -0.535 e. The van der Waals surface area contributed by atoms with Crippen molar-refractivity contribution in [3.63, 3.8) is 0 Å². The van der Waals surface area contributed by atoms with Gasteiger partial charge in [0.05, 0.1) is 13.1 Å². The van der Waals surface area contributed by atoms with Crippen LogP contribution in [0.15, 0.2) is 12.1 Å². The molecule has 3 aliphatic heterocycles. The van der Waals surface area contributed by atoms with E-state index in [1.807, 2.05) is 0 Å². The first-order valence-corrected chi connectivity index (χ1v) is 9.82. The largest absolute Gasteiger partial charge is 0.535 e. The zero-order valence-corrected chi connectivity index (χ0v) is 15.9. The number of carbonyl (C=O) groups is 2. The Morgan fingerprint density at radius 2 is 2.18 bits per heavy atom. The smallest absolute Gasteiger partial charge is 0.522 e. The third-order valence-corrected chi connectivity index (χ3v) is 5.69. The summed E-state index contributed by atoms with van der Waals surface area (Å²) in [7, 11) is -1.01. The number of hydrogen-bond acceptors (Lipinski definition) is 6. The van der Waals surface area contributed by atoms with Crippen molar-refractivity contribution in [2.45, 2.75) is 44.7 Å². The second-order valence-electron chi connectivity index (χ2n) is 8.03. The summed E-state index contributed by atoms with van der Waals surface area (Å²) >= 11 is 0.